The van der Waals surface area contributed by atoms with Gasteiger partial charge in [-0.25, -0.2) is 4.39 Å². The SMILES string of the molecule is CCc1c(-c2ccncc2)c(-c2ccc(F)cc2)nn1CC.N. The van der Waals surface area contributed by atoms with Gasteiger partial charge in [0.2, 0.25) is 0 Å². The summed E-state index contributed by atoms with van der Waals surface area (Å²) in [6, 6.07) is 10.5. The lowest BCUT2D eigenvalue weighted by Crippen LogP contribution is -2.01. The third-order valence-electron chi connectivity index (χ3n) is 3.78. The molecule has 0 spiro atoms. The number of halogens is 1. The quantitative estimate of drug-likeness (QED) is 0.771. The maximum atomic E-state index is 13.2. The highest BCUT2D eigenvalue weighted by Gasteiger charge is 2.18. The number of hydrogen-bond acceptors (Lipinski definition) is 3. The zero-order valence-electron chi connectivity index (χ0n) is 13.5. The first-order valence-electron chi connectivity index (χ1n) is 7.50. The molecule has 3 N–H and O–H groups in total. The number of hydrogen-bond donors (Lipinski definition) is 1. The molecule has 0 unspecified atom stereocenters. The van der Waals surface area contributed by atoms with E-state index in [1.807, 2.05) is 16.8 Å². The van der Waals surface area contributed by atoms with Crippen LogP contribution in [0.5, 0.6) is 0 Å². The minimum Gasteiger partial charge on any atom is -0.344 e. The lowest BCUT2D eigenvalue weighted by atomic mass is 9.99. The van der Waals surface area contributed by atoms with E-state index < -0.39 is 0 Å². The van der Waals surface area contributed by atoms with Crippen LogP contribution < -0.4 is 6.15 Å². The van der Waals surface area contributed by atoms with Crippen LogP contribution in [0.2, 0.25) is 0 Å². The van der Waals surface area contributed by atoms with Gasteiger partial charge in [0.05, 0.1) is 0 Å². The maximum Gasteiger partial charge on any atom is 0.123 e. The van der Waals surface area contributed by atoms with Crippen LogP contribution in [0.4, 0.5) is 4.39 Å². The van der Waals surface area contributed by atoms with Crippen molar-refractivity contribution in [1.82, 2.24) is 20.9 Å². The number of nitrogens with zero attached hydrogens (tertiary/aromatic N) is 3. The van der Waals surface area contributed by atoms with Crippen molar-refractivity contribution in [3.8, 4) is 22.4 Å². The molecule has 3 aromatic rings. The minimum atomic E-state index is -0.236. The summed E-state index contributed by atoms with van der Waals surface area (Å²) >= 11 is 0. The van der Waals surface area contributed by atoms with E-state index in [-0.39, 0.29) is 12.0 Å². The molecule has 0 amide bonds. The van der Waals surface area contributed by atoms with Gasteiger partial charge in [-0.05, 0) is 55.3 Å². The van der Waals surface area contributed by atoms with Crippen molar-refractivity contribution in [2.24, 2.45) is 0 Å². The van der Waals surface area contributed by atoms with E-state index in [9.17, 15) is 4.39 Å². The molecule has 0 saturated carbocycles. The Balaban J connectivity index is 0.00000192. The van der Waals surface area contributed by atoms with Crippen LogP contribution in [-0.2, 0) is 13.0 Å². The summed E-state index contributed by atoms with van der Waals surface area (Å²) in [5.74, 6) is -0.236. The molecule has 0 saturated heterocycles. The van der Waals surface area contributed by atoms with Gasteiger partial charge in [-0.15, -0.1) is 0 Å². The zero-order valence-corrected chi connectivity index (χ0v) is 13.5. The second-order valence-corrected chi connectivity index (χ2v) is 5.08. The van der Waals surface area contributed by atoms with E-state index >= 15 is 0 Å². The van der Waals surface area contributed by atoms with Crippen LogP contribution in [-0.4, -0.2) is 14.8 Å². The highest BCUT2D eigenvalue weighted by molar-refractivity contribution is 5.82. The van der Waals surface area contributed by atoms with Gasteiger partial charge >= 0.3 is 0 Å². The second kappa shape index (κ2) is 7.15. The van der Waals surface area contributed by atoms with E-state index in [1.54, 1.807) is 24.5 Å². The van der Waals surface area contributed by atoms with Crippen molar-refractivity contribution < 1.29 is 4.39 Å². The van der Waals surface area contributed by atoms with Gasteiger partial charge in [0, 0.05) is 35.8 Å². The monoisotopic (exact) mass is 312 g/mol. The minimum absolute atomic E-state index is 0. The largest absolute Gasteiger partial charge is 0.344 e. The summed E-state index contributed by atoms with van der Waals surface area (Å²) < 4.78 is 15.2. The van der Waals surface area contributed by atoms with Crippen LogP contribution in [0.1, 0.15) is 19.5 Å². The maximum absolute atomic E-state index is 13.2. The van der Waals surface area contributed by atoms with Crippen molar-refractivity contribution >= 4 is 0 Å². The van der Waals surface area contributed by atoms with Gasteiger partial charge in [-0.2, -0.15) is 5.10 Å². The van der Waals surface area contributed by atoms with Crippen molar-refractivity contribution in [1.29, 1.82) is 0 Å². The molecular formula is C18H21FN4. The van der Waals surface area contributed by atoms with Crippen LogP contribution >= 0.6 is 0 Å². The average molecular weight is 312 g/mol. The van der Waals surface area contributed by atoms with E-state index in [2.05, 4.69) is 18.8 Å². The highest BCUT2D eigenvalue weighted by Crippen LogP contribution is 2.34. The summed E-state index contributed by atoms with van der Waals surface area (Å²) in [4.78, 5) is 4.09. The molecule has 2 aromatic heterocycles. The molecular weight excluding hydrogens is 291 g/mol. The molecule has 0 aliphatic rings. The lowest BCUT2D eigenvalue weighted by molar-refractivity contribution is 0.626. The normalized spacial score (nSPS) is 10.4. The first-order valence-corrected chi connectivity index (χ1v) is 7.50. The Kier molecular flexibility index (Phi) is 5.24. The Hall–Kier alpha value is -2.53. The molecule has 0 aliphatic heterocycles. The van der Waals surface area contributed by atoms with Crippen molar-refractivity contribution in [2.75, 3.05) is 0 Å². The highest BCUT2D eigenvalue weighted by atomic mass is 19.1. The summed E-state index contributed by atoms with van der Waals surface area (Å²) in [7, 11) is 0. The molecule has 0 atom stereocenters. The predicted molar refractivity (Wildman–Crippen MR) is 90.9 cm³/mol. The Labute approximate surface area is 135 Å². The number of aryl methyl sites for hydroxylation is 1. The Morgan fingerprint density at radius 1 is 0.957 bits per heavy atom. The molecule has 3 rings (SSSR count). The Morgan fingerprint density at radius 3 is 2.17 bits per heavy atom. The Morgan fingerprint density at radius 2 is 1.61 bits per heavy atom. The van der Waals surface area contributed by atoms with E-state index in [0.717, 1.165) is 35.3 Å². The van der Waals surface area contributed by atoms with Gasteiger partial charge in [0.1, 0.15) is 11.5 Å². The van der Waals surface area contributed by atoms with Crippen molar-refractivity contribution in [2.45, 2.75) is 26.8 Å². The summed E-state index contributed by atoms with van der Waals surface area (Å²) in [5.41, 5.74) is 5.21. The van der Waals surface area contributed by atoms with Crippen molar-refractivity contribution in [3.63, 3.8) is 0 Å². The van der Waals surface area contributed by atoms with Gasteiger partial charge in [0.15, 0.2) is 0 Å². The van der Waals surface area contributed by atoms with Crippen LogP contribution in [0.15, 0.2) is 48.8 Å². The molecule has 5 heteroatoms. The Bertz CT molecular complexity index is 764. The molecule has 0 radical (unpaired) electrons. The summed E-state index contributed by atoms with van der Waals surface area (Å²) in [5, 5.41) is 4.75. The fourth-order valence-electron chi connectivity index (χ4n) is 2.75. The zero-order chi connectivity index (χ0) is 15.5. The van der Waals surface area contributed by atoms with Gasteiger partial charge < -0.3 is 6.15 Å². The van der Waals surface area contributed by atoms with Gasteiger partial charge in [-0.3, -0.25) is 9.67 Å². The predicted octanol–water partition coefficient (Wildman–Crippen LogP) is 4.50. The summed E-state index contributed by atoms with van der Waals surface area (Å²) in [6.07, 6.45) is 4.46. The van der Waals surface area contributed by atoms with Crippen LogP contribution in [0.25, 0.3) is 22.4 Å². The number of pyridine rings is 1. The first kappa shape index (κ1) is 16.8. The third-order valence-corrected chi connectivity index (χ3v) is 3.78. The topological polar surface area (TPSA) is 65.7 Å². The van der Waals surface area contributed by atoms with Gasteiger partial charge in [0.25, 0.3) is 0 Å². The molecule has 23 heavy (non-hydrogen) atoms. The molecule has 0 aliphatic carbocycles. The van der Waals surface area contributed by atoms with E-state index in [0.29, 0.717) is 0 Å². The standard InChI is InChI=1S/C18H18FN3.H3N/c1-3-16-17(13-9-11-20-12-10-13)18(21-22(16)4-2)14-5-7-15(19)8-6-14;/h5-12H,3-4H2,1-2H3;1H3. The molecule has 1 aromatic carbocycles. The van der Waals surface area contributed by atoms with Gasteiger partial charge in [-0.1, -0.05) is 6.92 Å². The number of aromatic nitrogens is 3. The third kappa shape index (κ3) is 3.14. The fraction of sp³-hybridized carbons (Fsp3) is 0.222. The second-order valence-electron chi connectivity index (χ2n) is 5.08. The number of rotatable bonds is 4. The molecule has 0 bridgehead atoms. The number of benzene rings is 1. The van der Waals surface area contributed by atoms with Crippen LogP contribution in [0, 0.1) is 5.82 Å². The summed E-state index contributed by atoms with van der Waals surface area (Å²) in [6.45, 7) is 5.02. The molecule has 2 heterocycles. The van der Waals surface area contributed by atoms with E-state index in [4.69, 9.17) is 5.10 Å². The fourth-order valence-corrected chi connectivity index (χ4v) is 2.75. The molecule has 120 valence electrons. The lowest BCUT2D eigenvalue weighted by Gasteiger charge is -2.06. The van der Waals surface area contributed by atoms with Crippen molar-refractivity contribution in [3.05, 3.63) is 60.3 Å². The molecule has 4 nitrogen and oxygen atoms in total. The van der Waals surface area contributed by atoms with E-state index in [1.165, 1.54) is 17.8 Å². The van der Waals surface area contributed by atoms with Crippen LogP contribution in [0.3, 0.4) is 0 Å². The first-order chi connectivity index (χ1) is 10.7. The molecule has 0 fully saturated rings. The smallest absolute Gasteiger partial charge is 0.123 e. The average Bonchev–Trinajstić information content (AvgIpc) is 2.95.